The molecule has 0 unspecified atom stereocenters. The Morgan fingerprint density at radius 3 is 1.50 bits per heavy atom. The van der Waals surface area contributed by atoms with Crippen LogP contribution >= 0.6 is 0 Å². The van der Waals surface area contributed by atoms with Crippen LogP contribution in [-0.4, -0.2) is 23.1 Å². The zero-order chi connectivity index (χ0) is 13.7. The minimum Gasteiger partial charge on any atom is -0.487 e. The molecule has 0 aromatic heterocycles. The summed E-state index contributed by atoms with van der Waals surface area (Å²) in [5.74, 6) is -0.282. The predicted octanol–water partition coefficient (Wildman–Crippen LogP) is 2.30. The van der Waals surface area contributed by atoms with Gasteiger partial charge in [0.25, 0.3) is 0 Å². The maximum atomic E-state index is 10.8. The Balaban J connectivity index is 3.39. The Hall–Kier alpha value is -2.38. The van der Waals surface area contributed by atoms with Gasteiger partial charge in [-0.15, -0.1) is 0 Å². The second-order valence-corrected chi connectivity index (χ2v) is 3.17. The summed E-state index contributed by atoms with van der Waals surface area (Å²) in [5.41, 5.74) is -0.711. The van der Waals surface area contributed by atoms with Crippen molar-refractivity contribution in [1.82, 2.24) is 0 Å². The first kappa shape index (κ1) is 13.7. The molecular weight excluding hydrogens is 244 g/mol. The summed E-state index contributed by atoms with van der Waals surface area (Å²) in [6, 6.07) is 2.01. The summed E-state index contributed by atoms with van der Waals surface area (Å²) < 4.78 is 10.0. The van der Waals surface area contributed by atoms with Gasteiger partial charge in [-0.1, -0.05) is 0 Å². The monoisotopic (exact) mass is 256 g/mol. The SMILES string of the molecule is CCOc1cc([N+](=O)[O-])c(OCC)cc1[N+](=O)[O-]. The fourth-order valence-corrected chi connectivity index (χ4v) is 1.37. The standard InChI is InChI=1S/C10H12N2O6/c1-3-17-9-5-8(12(15)16)10(18-4-2)6-7(9)11(13)14/h5-6H,3-4H2,1-2H3. The molecule has 0 N–H and O–H groups in total. The lowest BCUT2D eigenvalue weighted by Crippen LogP contribution is -2.02. The van der Waals surface area contributed by atoms with Crippen molar-refractivity contribution in [2.24, 2.45) is 0 Å². The van der Waals surface area contributed by atoms with Gasteiger partial charge in [0.05, 0.1) is 35.2 Å². The number of nitrogens with zero attached hydrogens (tertiary/aromatic N) is 2. The highest BCUT2D eigenvalue weighted by atomic mass is 16.6. The normalized spacial score (nSPS) is 9.89. The first-order chi connectivity index (χ1) is 8.51. The van der Waals surface area contributed by atoms with E-state index in [0.717, 1.165) is 12.1 Å². The highest BCUT2D eigenvalue weighted by Crippen LogP contribution is 2.38. The molecular formula is C10H12N2O6. The van der Waals surface area contributed by atoms with Crippen LogP contribution in [0, 0.1) is 20.2 Å². The third-order valence-corrected chi connectivity index (χ3v) is 2.03. The summed E-state index contributed by atoms with van der Waals surface area (Å²) in [5, 5.41) is 21.7. The van der Waals surface area contributed by atoms with Crippen molar-refractivity contribution in [2.75, 3.05) is 13.2 Å². The lowest BCUT2D eigenvalue weighted by Gasteiger charge is -2.08. The number of hydrogen-bond acceptors (Lipinski definition) is 6. The molecule has 0 bridgehead atoms. The van der Waals surface area contributed by atoms with Crippen LogP contribution in [0.3, 0.4) is 0 Å². The molecule has 8 heteroatoms. The molecule has 0 heterocycles. The van der Waals surface area contributed by atoms with E-state index >= 15 is 0 Å². The molecule has 0 fully saturated rings. The van der Waals surface area contributed by atoms with Crippen LogP contribution in [0.4, 0.5) is 11.4 Å². The maximum Gasteiger partial charge on any atom is 0.315 e. The van der Waals surface area contributed by atoms with Crippen molar-refractivity contribution in [3.8, 4) is 11.5 Å². The highest BCUT2D eigenvalue weighted by Gasteiger charge is 2.26. The molecule has 0 saturated carbocycles. The molecule has 0 radical (unpaired) electrons. The number of hydrogen-bond donors (Lipinski definition) is 0. The summed E-state index contributed by atoms with van der Waals surface area (Å²) in [6.45, 7) is 3.61. The Labute approximate surface area is 102 Å². The van der Waals surface area contributed by atoms with E-state index in [1.54, 1.807) is 13.8 Å². The van der Waals surface area contributed by atoms with Gasteiger partial charge in [0, 0.05) is 0 Å². The Morgan fingerprint density at radius 1 is 0.944 bits per heavy atom. The molecule has 0 atom stereocenters. The quantitative estimate of drug-likeness (QED) is 0.571. The molecule has 18 heavy (non-hydrogen) atoms. The smallest absolute Gasteiger partial charge is 0.315 e. The van der Waals surface area contributed by atoms with Crippen LogP contribution in [-0.2, 0) is 0 Å². The molecule has 1 rings (SSSR count). The molecule has 1 aromatic carbocycles. The van der Waals surface area contributed by atoms with E-state index in [-0.39, 0.29) is 36.1 Å². The van der Waals surface area contributed by atoms with E-state index in [9.17, 15) is 20.2 Å². The van der Waals surface area contributed by atoms with Gasteiger partial charge in [0.2, 0.25) is 11.5 Å². The van der Waals surface area contributed by atoms with Crippen LogP contribution in [0.25, 0.3) is 0 Å². The third-order valence-electron chi connectivity index (χ3n) is 2.03. The van der Waals surface area contributed by atoms with E-state index < -0.39 is 9.85 Å². The average Bonchev–Trinajstić information content (AvgIpc) is 2.30. The van der Waals surface area contributed by atoms with Crippen molar-refractivity contribution in [3.63, 3.8) is 0 Å². The van der Waals surface area contributed by atoms with Crippen LogP contribution < -0.4 is 9.47 Å². The summed E-state index contributed by atoms with van der Waals surface area (Å²) >= 11 is 0. The number of benzene rings is 1. The number of nitro benzene ring substituents is 2. The molecule has 0 aliphatic carbocycles. The zero-order valence-corrected chi connectivity index (χ0v) is 9.91. The molecule has 1 aromatic rings. The van der Waals surface area contributed by atoms with Gasteiger partial charge in [0.15, 0.2) is 0 Å². The van der Waals surface area contributed by atoms with Gasteiger partial charge in [-0.3, -0.25) is 20.2 Å². The average molecular weight is 256 g/mol. The first-order valence-electron chi connectivity index (χ1n) is 5.23. The molecule has 0 amide bonds. The zero-order valence-electron chi connectivity index (χ0n) is 9.91. The molecule has 98 valence electrons. The molecule has 0 saturated heterocycles. The number of rotatable bonds is 6. The fourth-order valence-electron chi connectivity index (χ4n) is 1.37. The van der Waals surface area contributed by atoms with E-state index in [4.69, 9.17) is 9.47 Å². The Bertz CT molecular complexity index is 430. The highest BCUT2D eigenvalue weighted by molar-refractivity contribution is 5.61. The molecule has 8 nitrogen and oxygen atoms in total. The number of nitro groups is 2. The molecule has 0 aliphatic rings. The van der Waals surface area contributed by atoms with Gasteiger partial charge in [-0.25, -0.2) is 0 Å². The minimum absolute atomic E-state index is 0.141. The second-order valence-electron chi connectivity index (χ2n) is 3.17. The largest absolute Gasteiger partial charge is 0.487 e. The maximum absolute atomic E-state index is 10.8. The van der Waals surface area contributed by atoms with Gasteiger partial charge < -0.3 is 9.47 Å². The predicted molar refractivity (Wildman–Crippen MR) is 62.1 cm³/mol. The van der Waals surface area contributed by atoms with Gasteiger partial charge in [-0.05, 0) is 13.8 Å². The van der Waals surface area contributed by atoms with Crippen LogP contribution in [0.1, 0.15) is 13.8 Å². The second kappa shape index (κ2) is 5.80. The lowest BCUT2D eigenvalue weighted by atomic mass is 10.2. The van der Waals surface area contributed by atoms with Gasteiger partial charge >= 0.3 is 11.4 Å². The van der Waals surface area contributed by atoms with Crippen LogP contribution in [0.15, 0.2) is 12.1 Å². The van der Waals surface area contributed by atoms with Gasteiger partial charge in [0.1, 0.15) is 0 Å². The Kier molecular flexibility index (Phi) is 4.41. The van der Waals surface area contributed by atoms with Crippen LogP contribution in [0.5, 0.6) is 11.5 Å². The Morgan fingerprint density at radius 2 is 1.28 bits per heavy atom. The first-order valence-corrected chi connectivity index (χ1v) is 5.23. The molecule has 0 aliphatic heterocycles. The summed E-state index contributed by atoms with van der Waals surface area (Å²) in [6.07, 6.45) is 0. The van der Waals surface area contributed by atoms with E-state index in [1.807, 2.05) is 0 Å². The van der Waals surface area contributed by atoms with E-state index in [0.29, 0.717) is 0 Å². The topological polar surface area (TPSA) is 105 Å². The minimum atomic E-state index is -0.669. The van der Waals surface area contributed by atoms with Crippen LogP contribution in [0.2, 0.25) is 0 Å². The lowest BCUT2D eigenvalue weighted by molar-refractivity contribution is -0.390. The summed E-state index contributed by atoms with van der Waals surface area (Å²) in [7, 11) is 0. The fraction of sp³-hybridized carbons (Fsp3) is 0.400. The molecule has 0 spiro atoms. The van der Waals surface area contributed by atoms with Crippen molar-refractivity contribution >= 4 is 11.4 Å². The van der Waals surface area contributed by atoms with Crippen molar-refractivity contribution in [2.45, 2.75) is 13.8 Å². The van der Waals surface area contributed by atoms with E-state index in [2.05, 4.69) is 0 Å². The van der Waals surface area contributed by atoms with E-state index in [1.165, 1.54) is 0 Å². The summed E-state index contributed by atoms with van der Waals surface area (Å²) in [4.78, 5) is 20.3. The van der Waals surface area contributed by atoms with Crippen molar-refractivity contribution in [3.05, 3.63) is 32.4 Å². The van der Waals surface area contributed by atoms with Gasteiger partial charge in [-0.2, -0.15) is 0 Å². The van der Waals surface area contributed by atoms with Crippen molar-refractivity contribution in [1.29, 1.82) is 0 Å². The van der Waals surface area contributed by atoms with Crippen molar-refractivity contribution < 1.29 is 19.3 Å². The number of ether oxygens (including phenoxy) is 2. The third kappa shape index (κ3) is 2.84.